The van der Waals surface area contributed by atoms with Gasteiger partial charge in [-0.25, -0.2) is 0 Å². The van der Waals surface area contributed by atoms with E-state index in [4.69, 9.17) is 0 Å². The van der Waals surface area contributed by atoms with E-state index in [0.29, 0.717) is 11.7 Å². The van der Waals surface area contributed by atoms with Gasteiger partial charge in [-0.05, 0) is 31.6 Å². The van der Waals surface area contributed by atoms with Gasteiger partial charge in [-0.3, -0.25) is 4.79 Å². The van der Waals surface area contributed by atoms with Crippen LogP contribution in [0, 0.1) is 5.92 Å². The van der Waals surface area contributed by atoms with Crippen LogP contribution in [0.4, 0.5) is 0 Å². The van der Waals surface area contributed by atoms with Crippen molar-refractivity contribution in [1.29, 1.82) is 0 Å². The van der Waals surface area contributed by atoms with E-state index in [-0.39, 0.29) is 0 Å². The maximum Gasteiger partial charge on any atom is 0.133 e. The van der Waals surface area contributed by atoms with Crippen LogP contribution in [0.15, 0.2) is 12.2 Å². The summed E-state index contributed by atoms with van der Waals surface area (Å²) in [5, 5.41) is 0. The Kier molecular flexibility index (Phi) is 4.81. The average Bonchev–Trinajstić information content (AvgIpc) is 2.16. The number of rotatable bonds is 5. The molecule has 13 heavy (non-hydrogen) atoms. The highest BCUT2D eigenvalue weighted by atomic mass is 16.1. The summed E-state index contributed by atoms with van der Waals surface area (Å²) in [7, 11) is 0. The van der Waals surface area contributed by atoms with E-state index in [2.05, 4.69) is 19.1 Å². The summed E-state index contributed by atoms with van der Waals surface area (Å²) in [6, 6.07) is 0. The third-order valence-electron chi connectivity index (χ3n) is 2.70. The average molecular weight is 180 g/mol. The van der Waals surface area contributed by atoms with Crippen LogP contribution in [0.3, 0.4) is 0 Å². The molecule has 0 amide bonds. The minimum atomic E-state index is 0.474. The lowest BCUT2D eigenvalue weighted by atomic mass is 9.89. The smallest absolute Gasteiger partial charge is 0.133 e. The highest BCUT2D eigenvalue weighted by Crippen LogP contribution is 2.22. The molecule has 0 heterocycles. The SMILES string of the molecule is CCCCC(=O)CC1CC=CCC1. The summed E-state index contributed by atoms with van der Waals surface area (Å²) < 4.78 is 0. The van der Waals surface area contributed by atoms with Crippen LogP contribution >= 0.6 is 0 Å². The van der Waals surface area contributed by atoms with Gasteiger partial charge in [0.2, 0.25) is 0 Å². The summed E-state index contributed by atoms with van der Waals surface area (Å²) in [6.45, 7) is 2.14. The topological polar surface area (TPSA) is 17.1 Å². The first-order valence-corrected chi connectivity index (χ1v) is 5.49. The van der Waals surface area contributed by atoms with E-state index in [1.165, 1.54) is 12.8 Å². The number of Topliss-reactive ketones (excluding diaryl/α,β-unsaturated/α-hetero) is 1. The van der Waals surface area contributed by atoms with Crippen LogP contribution < -0.4 is 0 Å². The first-order chi connectivity index (χ1) is 6.33. The molecule has 0 spiro atoms. The van der Waals surface area contributed by atoms with Crippen LogP contribution in [0.25, 0.3) is 0 Å². The second-order valence-corrected chi connectivity index (χ2v) is 4.00. The van der Waals surface area contributed by atoms with E-state index >= 15 is 0 Å². The third kappa shape index (κ3) is 4.25. The Morgan fingerprint density at radius 1 is 1.46 bits per heavy atom. The molecule has 74 valence electrons. The maximum absolute atomic E-state index is 11.4. The molecule has 0 aromatic heterocycles. The Hall–Kier alpha value is -0.590. The van der Waals surface area contributed by atoms with E-state index in [9.17, 15) is 4.79 Å². The molecule has 1 aliphatic carbocycles. The van der Waals surface area contributed by atoms with Crippen LogP contribution in [-0.4, -0.2) is 5.78 Å². The summed E-state index contributed by atoms with van der Waals surface area (Å²) in [6.07, 6.45) is 11.8. The fraction of sp³-hybridized carbons (Fsp3) is 0.750. The standard InChI is InChI=1S/C12H20O/c1-2-3-9-12(13)10-11-7-5-4-6-8-11/h4-5,11H,2-3,6-10H2,1H3. The van der Waals surface area contributed by atoms with Gasteiger partial charge in [0.15, 0.2) is 0 Å². The molecular weight excluding hydrogens is 160 g/mol. The van der Waals surface area contributed by atoms with E-state index in [1.54, 1.807) is 0 Å². The van der Waals surface area contributed by atoms with Gasteiger partial charge < -0.3 is 0 Å². The number of carbonyl (C=O) groups excluding carboxylic acids is 1. The Morgan fingerprint density at radius 3 is 2.92 bits per heavy atom. The predicted molar refractivity (Wildman–Crippen MR) is 55.6 cm³/mol. The van der Waals surface area contributed by atoms with Crippen molar-refractivity contribution in [3.05, 3.63) is 12.2 Å². The first-order valence-electron chi connectivity index (χ1n) is 5.49. The van der Waals surface area contributed by atoms with Crippen molar-refractivity contribution in [3.8, 4) is 0 Å². The highest BCUT2D eigenvalue weighted by molar-refractivity contribution is 5.78. The summed E-state index contributed by atoms with van der Waals surface area (Å²) in [5.41, 5.74) is 0. The van der Waals surface area contributed by atoms with Crippen LogP contribution in [0.1, 0.15) is 51.9 Å². The molecule has 0 N–H and O–H groups in total. The number of unbranched alkanes of at least 4 members (excludes halogenated alkanes) is 1. The fourth-order valence-electron chi connectivity index (χ4n) is 1.84. The number of carbonyl (C=O) groups is 1. The zero-order valence-electron chi connectivity index (χ0n) is 8.59. The van der Waals surface area contributed by atoms with Crippen molar-refractivity contribution in [3.63, 3.8) is 0 Å². The van der Waals surface area contributed by atoms with Gasteiger partial charge in [0.25, 0.3) is 0 Å². The van der Waals surface area contributed by atoms with Crippen molar-refractivity contribution < 1.29 is 4.79 Å². The molecule has 0 saturated carbocycles. The predicted octanol–water partition coefficient (Wildman–Crippen LogP) is 3.49. The molecule has 1 rings (SSSR count). The van der Waals surface area contributed by atoms with Gasteiger partial charge in [-0.1, -0.05) is 25.5 Å². The molecule has 0 aromatic carbocycles. The van der Waals surface area contributed by atoms with Crippen LogP contribution in [0.5, 0.6) is 0 Å². The van der Waals surface area contributed by atoms with Crippen LogP contribution in [-0.2, 0) is 4.79 Å². The van der Waals surface area contributed by atoms with E-state index in [0.717, 1.165) is 32.1 Å². The Balaban J connectivity index is 2.15. The van der Waals surface area contributed by atoms with Crippen LogP contribution in [0.2, 0.25) is 0 Å². The summed E-state index contributed by atoms with van der Waals surface area (Å²) in [5.74, 6) is 1.12. The number of ketones is 1. The molecule has 1 nitrogen and oxygen atoms in total. The van der Waals surface area contributed by atoms with Gasteiger partial charge in [-0.15, -0.1) is 0 Å². The second-order valence-electron chi connectivity index (χ2n) is 4.00. The molecule has 1 aliphatic rings. The number of allylic oxidation sites excluding steroid dienone is 2. The molecule has 1 unspecified atom stereocenters. The third-order valence-corrected chi connectivity index (χ3v) is 2.70. The number of hydrogen-bond donors (Lipinski definition) is 0. The molecule has 0 aromatic rings. The second kappa shape index (κ2) is 5.95. The fourth-order valence-corrected chi connectivity index (χ4v) is 1.84. The lowest BCUT2D eigenvalue weighted by molar-refractivity contribution is -0.120. The Bertz CT molecular complexity index is 182. The maximum atomic E-state index is 11.4. The Morgan fingerprint density at radius 2 is 2.31 bits per heavy atom. The van der Waals surface area contributed by atoms with Crippen molar-refractivity contribution >= 4 is 5.78 Å². The molecule has 0 bridgehead atoms. The minimum absolute atomic E-state index is 0.474. The zero-order chi connectivity index (χ0) is 9.52. The minimum Gasteiger partial charge on any atom is -0.300 e. The zero-order valence-corrected chi connectivity index (χ0v) is 8.59. The monoisotopic (exact) mass is 180 g/mol. The van der Waals surface area contributed by atoms with Crippen molar-refractivity contribution in [2.24, 2.45) is 5.92 Å². The van der Waals surface area contributed by atoms with Gasteiger partial charge in [0.05, 0.1) is 0 Å². The molecular formula is C12H20O. The molecule has 1 heteroatoms. The van der Waals surface area contributed by atoms with Gasteiger partial charge in [0, 0.05) is 12.8 Å². The summed E-state index contributed by atoms with van der Waals surface area (Å²) in [4.78, 5) is 11.4. The van der Waals surface area contributed by atoms with Crippen molar-refractivity contribution in [2.75, 3.05) is 0 Å². The molecule has 0 aliphatic heterocycles. The lowest BCUT2D eigenvalue weighted by Crippen LogP contribution is -2.09. The summed E-state index contributed by atoms with van der Waals surface area (Å²) >= 11 is 0. The van der Waals surface area contributed by atoms with E-state index < -0.39 is 0 Å². The highest BCUT2D eigenvalue weighted by Gasteiger charge is 2.13. The molecule has 1 atom stereocenters. The van der Waals surface area contributed by atoms with Gasteiger partial charge in [-0.2, -0.15) is 0 Å². The quantitative estimate of drug-likeness (QED) is 0.592. The van der Waals surface area contributed by atoms with Gasteiger partial charge >= 0.3 is 0 Å². The van der Waals surface area contributed by atoms with Crippen molar-refractivity contribution in [2.45, 2.75) is 51.9 Å². The molecule has 0 saturated heterocycles. The van der Waals surface area contributed by atoms with Gasteiger partial charge in [0.1, 0.15) is 5.78 Å². The normalized spacial score (nSPS) is 21.8. The largest absolute Gasteiger partial charge is 0.300 e. The molecule has 0 fully saturated rings. The van der Waals surface area contributed by atoms with E-state index in [1.807, 2.05) is 0 Å². The lowest BCUT2D eigenvalue weighted by Gasteiger charge is -2.16. The van der Waals surface area contributed by atoms with Crippen molar-refractivity contribution in [1.82, 2.24) is 0 Å². The number of hydrogen-bond acceptors (Lipinski definition) is 1. The molecule has 0 radical (unpaired) electrons. The Labute approximate surface area is 81.2 Å². The first kappa shape index (κ1) is 10.5.